The molecular formula is C15H21NO3. The molecule has 4 heteroatoms. The van der Waals surface area contributed by atoms with Crippen molar-refractivity contribution in [3.8, 4) is 5.75 Å². The van der Waals surface area contributed by atoms with Gasteiger partial charge in [0.2, 0.25) is 0 Å². The normalized spacial score (nSPS) is 17.1. The number of nitrogens with zero attached hydrogens (tertiary/aromatic N) is 1. The van der Waals surface area contributed by atoms with Crippen LogP contribution in [0.25, 0.3) is 0 Å². The summed E-state index contributed by atoms with van der Waals surface area (Å²) in [6, 6.07) is 7.78. The molecule has 1 aromatic rings. The molecule has 1 aliphatic rings. The molecule has 0 spiro atoms. The van der Waals surface area contributed by atoms with Crippen LogP contribution < -0.4 is 4.74 Å². The Morgan fingerprint density at radius 2 is 2.05 bits per heavy atom. The molecule has 1 aliphatic heterocycles. The Bertz CT molecular complexity index is 427. The molecule has 1 atom stereocenters. The summed E-state index contributed by atoms with van der Waals surface area (Å²) < 4.78 is 11.1. The molecule has 0 aromatic heterocycles. The summed E-state index contributed by atoms with van der Waals surface area (Å²) in [6.45, 7) is 6.51. The second-order valence-corrected chi connectivity index (χ2v) is 4.72. The fourth-order valence-corrected chi connectivity index (χ4v) is 2.14. The lowest BCUT2D eigenvalue weighted by atomic mass is 10.2. The van der Waals surface area contributed by atoms with Gasteiger partial charge < -0.3 is 14.4 Å². The lowest BCUT2D eigenvalue weighted by Crippen LogP contribution is -2.47. The summed E-state index contributed by atoms with van der Waals surface area (Å²) in [5.74, 6) is 0.852. The summed E-state index contributed by atoms with van der Waals surface area (Å²) >= 11 is 0. The van der Waals surface area contributed by atoms with E-state index >= 15 is 0 Å². The third-order valence-electron chi connectivity index (χ3n) is 3.33. The van der Waals surface area contributed by atoms with Gasteiger partial charge in [0, 0.05) is 13.1 Å². The number of aryl methyl sites for hydroxylation is 1. The minimum absolute atomic E-state index is 0.0639. The zero-order chi connectivity index (χ0) is 13.7. The molecule has 1 heterocycles. The number of benzene rings is 1. The van der Waals surface area contributed by atoms with Gasteiger partial charge in [-0.1, -0.05) is 25.1 Å². The largest absolute Gasteiger partial charge is 0.480 e. The van der Waals surface area contributed by atoms with E-state index < -0.39 is 6.10 Å². The minimum atomic E-state index is -0.404. The molecule has 1 saturated heterocycles. The van der Waals surface area contributed by atoms with Crippen molar-refractivity contribution >= 4 is 5.91 Å². The summed E-state index contributed by atoms with van der Waals surface area (Å²) in [7, 11) is 0. The van der Waals surface area contributed by atoms with E-state index in [1.807, 2.05) is 43.0 Å². The highest BCUT2D eigenvalue weighted by atomic mass is 16.5. The van der Waals surface area contributed by atoms with Crippen LogP contribution in [0.4, 0.5) is 0 Å². The molecule has 19 heavy (non-hydrogen) atoms. The Morgan fingerprint density at radius 1 is 1.37 bits per heavy atom. The van der Waals surface area contributed by atoms with Crippen molar-refractivity contribution in [1.82, 2.24) is 4.90 Å². The zero-order valence-corrected chi connectivity index (χ0v) is 11.6. The standard InChI is InChI=1S/C15H21NO3/c1-3-13(15(17)16-8-10-18-11-9-16)19-14-7-5-4-6-12(14)2/h4-7,13H,3,8-11H2,1-2H3/t13-/m0/s1. The molecule has 0 N–H and O–H groups in total. The lowest BCUT2D eigenvalue weighted by molar-refractivity contribution is -0.142. The van der Waals surface area contributed by atoms with Crippen LogP contribution in [0.3, 0.4) is 0 Å². The number of amides is 1. The van der Waals surface area contributed by atoms with E-state index in [4.69, 9.17) is 9.47 Å². The number of morpholine rings is 1. The van der Waals surface area contributed by atoms with Crippen LogP contribution in [0.1, 0.15) is 18.9 Å². The van der Waals surface area contributed by atoms with Crippen molar-refractivity contribution in [2.75, 3.05) is 26.3 Å². The highest BCUT2D eigenvalue weighted by molar-refractivity contribution is 5.81. The quantitative estimate of drug-likeness (QED) is 0.834. The Labute approximate surface area is 114 Å². The van der Waals surface area contributed by atoms with Gasteiger partial charge in [-0.05, 0) is 25.0 Å². The maximum absolute atomic E-state index is 12.4. The number of para-hydroxylation sites is 1. The van der Waals surface area contributed by atoms with Gasteiger partial charge in [0.15, 0.2) is 6.10 Å². The highest BCUT2D eigenvalue weighted by Crippen LogP contribution is 2.19. The number of hydrogen-bond donors (Lipinski definition) is 0. The van der Waals surface area contributed by atoms with Crippen molar-refractivity contribution in [2.45, 2.75) is 26.4 Å². The van der Waals surface area contributed by atoms with Crippen molar-refractivity contribution in [2.24, 2.45) is 0 Å². The molecular weight excluding hydrogens is 242 g/mol. The van der Waals surface area contributed by atoms with Crippen molar-refractivity contribution in [1.29, 1.82) is 0 Å². The van der Waals surface area contributed by atoms with E-state index in [0.717, 1.165) is 11.3 Å². The molecule has 1 fully saturated rings. The van der Waals surface area contributed by atoms with Gasteiger partial charge >= 0.3 is 0 Å². The Morgan fingerprint density at radius 3 is 2.68 bits per heavy atom. The van der Waals surface area contributed by atoms with E-state index in [9.17, 15) is 4.79 Å². The monoisotopic (exact) mass is 263 g/mol. The topological polar surface area (TPSA) is 38.8 Å². The molecule has 0 aliphatic carbocycles. The van der Waals surface area contributed by atoms with Gasteiger partial charge in [-0.2, -0.15) is 0 Å². The highest BCUT2D eigenvalue weighted by Gasteiger charge is 2.26. The first kappa shape index (κ1) is 13.9. The third-order valence-corrected chi connectivity index (χ3v) is 3.33. The Kier molecular flexibility index (Phi) is 4.80. The van der Waals surface area contributed by atoms with Crippen LogP contribution in [0.5, 0.6) is 5.75 Å². The smallest absolute Gasteiger partial charge is 0.263 e. The lowest BCUT2D eigenvalue weighted by Gasteiger charge is -2.30. The number of ether oxygens (including phenoxy) is 2. The van der Waals surface area contributed by atoms with Gasteiger partial charge in [0.1, 0.15) is 5.75 Å². The fraction of sp³-hybridized carbons (Fsp3) is 0.533. The van der Waals surface area contributed by atoms with Crippen LogP contribution in [0, 0.1) is 6.92 Å². The first-order valence-corrected chi connectivity index (χ1v) is 6.81. The van der Waals surface area contributed by atoms with Crippen molar-refractivity contribution < 1.29 is 14.3 Å². The summed E-state index contributed by atoms with van der Waals surface area (Å²) in [5.41, 5.74) is 1.05. The minimum Gasteiger partial charge on any atom is -0.480 e. The molecule has 0 saturated carbocycles. The van der Waals surface area contributed by atoms with E-state index in [0.29, 0.717) is 32.7 Å². The predicted octanol–water partition coefficient (Wildman–Crippen LogP) is 2.01. The van der Waals surface area contributed by atoms with Gasteiger partial charge in [-0.3, -0.25) is 4.79 Å². The van der Waals surface area contributed by atoms with Crippen molar-refractivity contribution in [3.05, 3.63) is 29.8 Å². The second kappa shape index (κ2) is 6.57. The average molecular weight is 263 g/mol. The Balaban J connectivity index is 2.03. The molecule has 2 rings (SSSR count). The molecule has 104 valence electrons. The van der Waals surface area contributed by atoms with E-state index in [-0.39, 0.29) is 5.91 Å². The molecule has 1 amide bonds. The zero-order valence-electron chi connectivity index (χ0n) is 11.6. The SMILES string of the molecule is CC[C@H](Oc1ccccc1C)C(=O)N1CCOCC1. The Hall–Kier alpha value is -1.55. The molecule has 0 unspecified atom stereocenters. The predicted molar refractivity (Wildman–Crippen MR) is 73.3 cm³/mol. The van der Waals surface area contributed by atoms with Crippen LogP contribution in [0.15, 0.2) is 24.3 Å². The van der Waals surface area contributed by atoms with E-state index in [2.05, 4.69) is 0 Å². The maximum Gasteiger partial charge on any atom is 0.263 e. The summed E-state index contributed by atoms with van der Waals surface area (Å²) in [4.78, 5) is 14.2. The summed E-state index contributed by atoms with van der Waals surface area (Å²) in [6.07, 6.45) is 0.268. The van der Waals surface area contributed by atoms with Crippen LogP contribution >= 0.6 is 0 Å². The van der Waals surface area contributed by atoms with Crippen molar-refractivity contribution in [3.63, 3.8) is 0 Å². The second-order valence-electron chi connectivity index (χ2n) is 4.72. The molecule has 4 nitrogen and oxygen atoms in total. The number of rotatable bonds is 4. The van der Waals surface area contributed by atoms with Gasteiger partial charge in [0.25, 0.3) is 5.91 Å². The van der Waals surface area contributed by atoms with Gasteiger partial charge in [0.05, 0.1) is 13.2 Å². The third kappa shape index (κ3) is 3.47. The maximum atomic E-state index is 12.4. The van der Waals surface area contributed by atoms with E-state index in [1.54, 1.807) is 0 Å². The number of hydrogen-bond acceptors (Lipinski definition) is 3. The molecule has 1 aromatic carbocycles. The number of carbonyl (C=O) groups excluding carboxylic acids is 1. The molecule has 0 radical (unpaired) electrons. The first-order valence-electron chi connectivity index (χ1n) is 6.81. The fourth-order valence-electron chi connectivity index (χ4n) is 2.14. The van der Waals surface area contributed by atoms with Gasteiger partial charge in [-0.15, -0.1) is 0 Å². The first-order chi connectivity index (χ1) is 9.22. The van der Waals surface area contributed by atoms with Crippen LogP contribution in [0.2, 0.25) is 0 Å². The van der Waals surface area contributed by atoms with Crippen LogP contribution in [-0.4, -0.2) is 43.2 Å². The van der Waals surface area contributed by atoms with E-state index in [1.165, 1.54) is 0 Å². The average Bonchev–Trinajstić information content (AvgIpc) is 2.47. The number of carbonyl (C=O) groups is 1. The van der Waals surface area contributed by atoms with Crippen LogP contribution in [-0.2, 0) is 9.53 Å². The summed E-state index contributed by atoms with van der Waals surface area (Å²) in [5, 5.41) is 0. The van der Waals surface area contributed by atoms with Gasteiger partial charge in [-0.25, -0.2) is 0 Å². The molecule has 0 bridgehead atoms.